The van der Waals surface area contributed by atoms with E-state index in [4.69, 9.17) is 5.73 Å². The maximum Gasteiger partial charge on any atom is 0.272 e. The number of nitrogens with two attached hydrogens (primary N) is 1. The lowest BCUT2D eigenvalue weighted by atomic mass is 10.2. The third-order valence-electron chi connectivity index (χ3n) is 2.63. The fraction of sp³-hybridized carbons (Fsp3) is 0.308. The molecule has 2 aromatic rings. The molecule has 3 N–H and O–H groups in total. The van der Waals surface area contributed by atoms with Crippen LogP contribution in [0.5, 0.6) is 0 Å². The molecule has 0 amide bonds. The van der Waals surface area contributed by atoms with E-state index in [2.05, 4.69) is 9.71 Å². The van der Waals surface area contributed by atoms with E-state index in [0.717, 1.165) is 16.1 Å². The molecule has 0 aromatic carbocycles. The lowest BCUT2D eigenvalue weighted by Crippen LogP contribution is -2.13. The Morgan fingerprint density at radius 3 is 2.70 bits per heavy atom. The molecule has 7 heteroatoms. The van der Waals surface area contributed by atoms with Crippen LogP contribution in [0.25, 0.3) is 0 Å². The smallest absolute Gasteiger partial charge is 0.272 e. The number of pyridine rings is 1. The lowest BCUT2D eigenvalue weighted by molar-refractivity contribution is 0.603. The van der Waals surface area contributed by atoms with Crippen molar-refractivity contribution in [1.82, 2.24) is 4.98 Å². The summed E-state index contributed by atoms with van der Waals surface area (Å²) in [5.74, 6) is 0.344. The summed E-state index contributed by atoms with van der Waals surface area (Å²) >= 11 is 1.23. The van der Waals surface area contributed by atoms with Crippen molar-refractivity contribution in [3.63, 3.8) is 0 Å². The van der Waals surface area contributed by atoms with Gasteiger partial charge in [0.2, 0.25) is 0 Å². The monoisotopic (exact) mass is 311 g/mol. The quantitative estimate of drug-likeness (QED) is 0.885. The van der Waals surface area contributed by atoms with Crippen molar-refractivity contribution in [3.05, 3.63) is 40.4 Å². The van der Waals surface area contributed by atoms with Crippen molar-refractivity contribution in [2.75, 3.05) is 11.3 Å². The minimum Gasteiger partial charge on any atom is -0.330 e. The van der Waals surface area contributed by atoms with Gasteiger partial charge in [-0.2, -0.15) is 0 Å². The average Bonchev–Trinajstić information content (AvgIpc) is 2.76. The number of anilines is 1. The summed E-state index contributed by atoms with van der Waals surface area (Å²) in [6.07, 6.45) is 0.683. The van der Waals surface area contributed by atoms with Crippen LogP contribution in [0.2, 0.25) is 0 Å². The molecule has 0 spiro atoms. The van der Waals surface area contributed by atoms with Crippen LogP contribution in [0.15, 0.2) is 28.5 Å². The largest absolute Gasteiger partial charge is 0.330 e. The highest BCUT2D eigenvalue weighted by molar-refractivity contribution is 7.94. The first-order chi connectivity index (χ1) is 9.40. The summed E-state index contributed by atoms with van der Waals surface area (Å²) in [6.45, 7) is 4.23. The predicted octanol–water partition coefficient (Wildman–Crippen LogP) is 2.06. The molecule has 20 heavy (non-hydrogen) atoms. The third-order valence-corrected chi connectivity index (χ3v) is 5.62. The molecule has 0 saturated carbocycles. The van der Waals surface area contributed by atoms with Crippen molar-refractivity contribution in [2.24, 2.45) is 5.73 Å². The van der Waals surface area contributed by atoms with Crippen LogP contribution in [-0.4, -0.2) is 19.9 Å². The fourth-order valence-electron chi connectivity index (χ4n) is 1.86. The maximum atomic E-state index is 12.3. The molecule has 0 radical (unpaired) electrons. The zero-order chi connectivity index (χ0) is 14.8. The van der Waals surface area contributed by atoms with Crippen LogP contribution in [0.4, 0.5) is 5.82 Å². The summed E-state index contributed by atoms with van der Waals surface area (Å²) in [6, 6.07) is 6.99. The number of rotatable bonds is 5. The number of hydrogen-bond donors (Lipinski definition) is 2. The molecule has 0 bridgehead atoms. The zero-order valence-corrected chi connectivity index (χ0v) is 13.0. The molecule has 0 saturated heterocycles. The fourth-order valence-corrected chi connectivity index (χ4v) is 4.22. The summed E-state index contributed by atoms with van der Waals surface area (Å²) in [5.41, 5.74) is 7.21. The zero-order valence-electron chi connectivity index (χ0n) is 11.4. The van der Waals surface area contributed by atoms with Gasteiger partial charge in [-0.05, 0) is 56.6 Å². The van der Waals surface area contributed by atoms with E-state index in [9.17, 15) is 8.42 Å². The number of nitrogens with zero attached hydrogens (tertiary/aromatic N) is 1. The highest BCUT2D eigenvalue weighted by Gasteiger charge is 2.17. The third kappa shape index (κ3) is 3.56. The van der Waals surface area contributed by atoms with E-state index in [1.165, 1.54) is 11.3 Å². The van der Waals surface area contributed by atoms with E-state index in [1.807, 2.05) is 19.9 Å². The highest BCUT2D eigenvalue weighted by atomic mass is 32.2. The van der Waals surface area contributed by atoms with Gasteiger partial charge < -0.3 is 5.73 Å². The van der Waals surface area contributed by atoms with Gasteiger partial charge in [-0.25, -0.2) is 13.4 Å². The number of sulfonamides is 1. The number of aromatic nitrogens is 1. The van der Waals surface area contributed by atoms with E-state index in [1.54, 1.807) is 18.2 Å². The molecular weight excluding hydrogens is 294 g/mol. The Labute approximate surface area is 122 Å². The first kappa shape index (κ1) is 15.0. The van der Waals surface area contributed by atoms with Crippen LogP contribution < -0.4 is 10.5 Å². The van der Waals surface area contributed by atoms with E-state index in [0.29, 0.717) is 18.8 Å². The summed E-state index contributed by atoms with van der Waals surface area (Å²) in [7, 11) is -3.58. The van der Waals surface area contributed by atoms with Gasteiger partial charge in [0.25, 0.3) is 10.0 Å². The Kier molecular flexibility index (Phi) is 4.42. The predicted molar refractivity (Wildman–Crippen MR) is 81.6 cm³/mol. The van der Waals surface area contributed by atoms with Gasteiger partial charge in [-0.15, -0.1) is 11.3 Å². The van der Waals surface area contributed by atoms with Gasteiger partial charge in [0.1, 0.15) is 10.0 Å². The molecule has 0 atom stereocenters. The van der Waals surface area contributed by atoms with Gasteiger partial charge in [-0.1, -0.05) is 0 Å². The molecule has 2 heterocycles. The van der Waals surface area contributed by atoms with Crippen molar-refractivity contribution < 1.29 is 8.42 Å². The van der Waals surface area contributed by atoms with Gasteiger partial charge in [-0.3, -0.25) is 4.72 Å². The molecule has 0 fully saturated rings. The molecule has 2 rings (SSSR count). The van der Waals surface area contributed by atoms with Crippen LogP contribution in [-0.2, 0) is 16.4 Å². The SMILES string of the molecule is Cc1cc(C)nc(NS(=O)(=O)c2ccc(CCN)s2)c1. The van der Waals surface area contributed by atoms with Crippen molar-refractivity contribution >= 4 is 27.2 Å². The molecule has 108 valence electrons. The minimum atomic E-state index is -3.58. The van der Waals surface area contributed by atoms with E-state index in [-0.39, 0.29) is 4.21 Å². The maximum absolute atomic E-state index is 12.3. The Balaban J connectivity index is 2.25. The van der Waals surface area contributed by atoms with Gasteiger partial charge in [0.05, 0.1) is 0 Å². The second-order valence-electron chi connectivity index (χ2n) is 4.54. The molecule has 0 unspecified atom stereocenters. The van der Waals surface area contributed by atoms with E-state index >= 15 is 0 Å². The topological polar surface area (TPSA) is 85.1 Å². The number of thiophene rings is 1. The van der Waals surface area contributed by atoms with Crippen LogP contribution in [0, 0.1) is 13.8 Å². The number of hydrogen-bond acceptors (Lipinski definition) is 5. The molecule has 0 aliphatic heterocycles. The lowest BCUT2D eigenvalue weighted by Gasteiger charge is -2.07. The summed E-state index contributed by atoms with van der Waals surface area (Å²) in [5, 5.41) is 0. The van der Waals surface area contributed by atoms with Gasteiger partial charge >= 0.3 is 0 Å². The number of nitrogens with one attached hydrogen (secondary N) is 1. The van der Waals surface area contributed by atoms with Gasteiger partial charge in [0, 0.05) is 10.6 Å². The number of aryl methyl sites for hydroxylation is 2. The first-order valence-electron chi connectivity index (χ1n) is 6.17. The van der Waals surface area contributed by atoms with Crippen LogP contribution in [0.3, 0.4) is 0 Å². The molecule has 2 aromatic heterocycles. The van der Waals surface area contributed by atoms with Crippen LogP contribution in [0.1, 0.15) is 16.1 Å². The first-order valence-corrected chi connectivity index (χ1v) is 8.47. The summed E-state index contributed by atoms with van der Waals surface area (Å²) in [4.78, 5) is 5.14. The molecule has 5 nitrogen and oxygen atoms in total. The van der Waals surface area contributed by atoms with Crippen molar-refractivity contribution in [1.29, 1.82) is 0 Å². The Hall–Kier alpha value is -1.44. The molecule has 0 aliphatic rings. The van der Waals surface area contributed by atoms with Crippen molar-refractivity contribution in [2.45, 2.75) is 24.5 Å². The molecule has 0 aliphatic carbocycles. The standard InChI is InChI=1S/C13H17N3O2S2/c1-9-7-10(2)15-12(8-9)16-20(17,18)13-4-3-11(19-13)5-6-14/h3-4,7-8H,5-6,14H2,1-2H3,(H,15,16). The Bertz CT molecular complexity index is 688. The minimum absolute atomic E-state index is 0.280. The second-order valence-corrected chi connectivity index (χ2v) is 7.61. The normalized spacial score (nSPS) is 11.6. The Morgan fingerprint density at radius 1 is 1.30 bits per heavy atom. The summed E-state index contributed by atoms with van der Waals surface area (Å²) < 4.78 is 27.3. The van der Waals surface area contributed by atoms with Crippen LogP contribution >= 0.6 is 11.3 Å². The Morgan fingerprint density at radius 2 is 2.05 bits per heavy atom. The molecular formula is C13H17N3O2S2. The van der Waals surface area contributed by atoms with E-state index < -0.39 is 10.0 Å². The second kappa shape index (κ2) is 5.90. The highest BCUT2D eigenvalue weighted by Crippen LogP contribution is 2.24. The van der Waals surface area contributed by atoms with Crippen molar-refractivity contribution in [3.8, 4) is 0 Å². The average molecular weight is 311 g/mol. The van der Waals surface area contributed by atoms with Gasteiger partial charge in [0.15, 0.2) is 0 Å².